The van der Waals surface area contributed by atoms with Crippen LogP contribution in [0.25, 0.3) is 10.2 Å². The van der Waals surface area contributed by atoms with Gasteiger partial charge in [-0.1, -0.05) is 19.1 Å². The van der Waals surface area contributed by atoms with Gasteiger partial charge in [-0.05, 0) is 24.5 Å². The van der Waals surface area contributed by atoms with E-state index in [-0.39, 0.29) is 24.4 Å². The van der Waals surface area contributed by atoms with Crippen LogP contribution in [0.5, 0.6) is 0 Å². The summed E-state index contributed by atoms with van der Waals surface area (Å²) in [4.78, 5) is 29.7. The summed E-state index contributed by atoms with van der Waals surface area (Å²) in [6, 6.07) is 7.88. The molecule has 116 valence electrons. The van der Waals surface area contributed by atoms with Gasteiger partial charge in [0.15, 0.2) is 6.61 Å². The number of hydrogen-bond donors (Lipinski definition) is 0. The Bertz CT molecular complexity index is 679. The number of carbonyl (C=O) groups excluding carboxylic acids is 2. The lowest BCUT2D eigenvalue weighted by atomic mass is 10.3. The highest BCUT2D eigenvalue weighted by Crippen LogP contribution is 2.38. The molecule has 0 aliphatic heterocycles. The molecule has 5 nitrogen and oxygen atoms in total. The number of fused-ring (bicyclic) bond motifs is 1. The first-order chi connectivity index (χ1) is 10.5. The van der Waals surface area contributed by atoms with Gasteiger partial charge in [-0.25, -0.2) is 4.98 Å². The van der Waals surface area contributed by atoms with Crippen LogP contribution in [0.3, 0.4) is 0 Å². The molecule has 0 unspecified atom stereocenters. The minimum absolute atomic E-state index is 0.0117. The quantitative estimate of drug-likeness (QED) is 0.795. The molecule has 2 aromatic rings. The average Bonchev–Trinajstić information content (AvgIpc) is 3.09. The Morgan fingerprint density at radius 3 is 2.82 bits per heavy atom. The summed E-state index contributed by atoms with van der Waals surface area (Å²) >= 11 is 1.57. The van der Waals surface area contributed by atoms with Crippen LogP contribution < -0.4 is 0 Å². The molecule has 1 aliphatic carbocycles. The minimum Gasteiger partial charge on any atom is -0.455 e. The van der Waals surface area contributed by atoms with Crippen molar-refractivity contribution in [3.63, 3.8) is 0 Å². The van der Waals surface area contributed by atoms with E-state index in [4.69, 9.17) is 4.74 Å². The van der Waals surface area contributed by atoms with Gasteiger partial charge >= 0.3 is 5.97 Å². The van der Waals surface area contributed by atoms with Gasteiger partial charge in [0.25, 0.3) is 5.91 Å². The lowest BCUT2D eigenvalue weighted by molar-refractivity contribution is -0.153. The van der Waals surface area contributed by atoms with Crippen molar-refractivity contribution in [2.45, 2.75) is 19.9 Å². The zero-order valence-corrected chi connectivity index (χ0v) is 13.4. The number of benzene rings is 1. The topological polar surface area (TPSA) is 59.5 Å². The van der Waals surface area contributed by atoms with Crippen LogP contribution in [-0.4, -0.2) is 35.4 Å². The minimum atomic E-state index is -0.255. The number of esters is 1. The number of rotatable bonds is 5. The number of aromatic nitrogens is 1. The van der Waals surface area contributed by atoms with Gasteiger partial charge in [-0.15, -0.1) is 11.3 Å². The molecule has 2 atom stereocenters. The summed E-state index contributed by atoms with van der Waals surface area (Å²) in [6.07, 6.45) is 0.870. The standard InChI is InChI=1S/C16H18N2O3S/c1-10-7-11(10)16(20)21-9-15(19)18(2)8-14-17-12-5-3-4-6-13(12)22-14/h3-6,10-11H,7-9H2,1-2H3/t10-,11+/m1/s1. The van der Waals surface area contributed by atoms with Crippen molar-refractivity contribution >= 4 is 33.4 Å². The van der Waals surface area contributed by atoms with Crippen LogP contribution in [0.2, 0.25) is 0 Å². The number of likely N-dealkylation sites (N-methyl/N-ethyl adjacent to an activating group) is 1. The number of hydrogen-bond acceptors (Lipinski definition) is 5. The molecule has 0 radical (unpaired) electrons. The summed E-state index contributed by atoms with van der Waals surface area (Å²) in [5.41, 5.74) is 0.942. The van der Waals surface area contributed by atoms with Gasteiger partial charge in [0, 0.05) is 7.05 Å². The highest BCUT2D eigenvalue weighted by Gasteiger charge is 2.40. The van der Waals surface area contributed by atoms with Crippen LogP contribution in [0.15, 0.2) is 24.3 Å². The summed E-state index contributed by atoms with van der Waals surface area (Å²) in [7, 11) is 1.70. The summed E-state index contributed by atoms with van der Waals surface area (Å²) in [5.74, 6) is -0.0828. The summed E-state index contributed by atoms with van der Waals surface area (Å²) in [5, 5.41) is 0.874. The Morgan fingerprint density at radius 2 is 2.14 bits per heavy atom. The van der Waals surface area contributed by atoms with Gasteiger partial charge in [0.1, 0.15) is 5.01 Å². The largest absolute Gasteiger partial charge is 0.455 e. The van der Waals surface area contributed by atoms with Crippen molar-refractivity contribution in [1.29, 1.82) is 0 Å². The van der Waals surface area contributed by atoms with Gasteiger partial charge in [0.05, 0.1) is 22.7 Å². The fraction of sp³-hybridized carbons (Fsp3) is 0.438. The number of thiazole rings is 1. The molecule has 0 spiro atoms. The van der Waals surface area contributed by atoms with E-state index < -0.39 is 0 Å². The van der Waals surface area contributed by atoms with E-state index in [2.05, 4.69) is 4.98 Å². The second-order valence-electron chi connectivity index (χ2n) is 5.75. The lowest BCUT2D eigenvalue weighted by Crippen LogP contribution is -2.31. The maximum atomic E-state index is 12.0. The molecular formula is C16H18N2O3S. The zero-order valence-electron chi connectivity index (χ0n) is 12.6. The fourth-order valence-corrected chi connectivity index (χ4v) is 3.30. The highest BCUT2D eigenvalue weighted by molar-refractivity contribution is 7.18. The SMILES string of the molecule is C[C@@H]1C[C@@H]1C(=O)OCC(=O)N(C)Cc1nc2ccccc2s1. The van der Waals surface area contributed by atoms with Crippen molar-refractivity contribution < 1.29 is 14.3 Å². The average molecular weight is 318 g/mol. The van der Waals surface area contributed by atoms with E-state index >= 15 is 0 Å². The third kappa shape index (κ3) is 3.27. The Kier molecular flexibility index (Phi) is 4.11. The lowest BCUT2D eigenvalue weighted by Gasteiger charge is -2.15. The Balaban J connectivity index is 1.53. The van der Waals surface area contributed by atoms with Gasteiger partial charge < -0.3 is 9.64 Å². The normalized spacial score (nSPS) is 19.9. The molecule has 1 aromatic heterocycles. The second kappa shape index (κ2) is 6.04. The van der Waals surface area contributed by atoms with E-state index in [1.165, 1.54) is 0 Å². The molecule has 0 N–H and O–H groups in total. The van der Waals surface area contributed by atoms with Gasteiger partial charge in [0.2, 0.25) is 0 Å². The molecule has 1 aliphatic rings. The molecule has 22 heavy (non-hydrogen) atoms. The highest BCUT2D eigenvalue weighted by atomic mass is 32.1. The molecule has 1 amide bonds. The third-order valence-electron chi connectivity index (χ3n) is 3.89. The summed E-state index contributed by atoms with van der Waals surface area (Å²) < 4.78 is 6.17. The predicted octanol–water partition coefficient (Wildman–Crippen LogP) is 2.45. The Hall–Kier alpha value is -1.95. The fourth-order valence-electron chi connectivity index (χ4n) is 2.28. The first-order valence-electron chi connectivity index (χ1n) is 7.29. The first kappa shape index (κ1) is 15.0. The van der Waals surface area contributed by atoms with Crippen molar-refractivity contribution in [2.24, 2.45) is 11.8 Å². The van der Waals surface area contributed by atoms with E-state index in [0.717, 1.165) is 21.6 Å². The second-order valence-corrected chi connectivity index (χ2v) is 6.87. The molecular weight excluding hydrogens is 300 g/mol. The van der Waals surface area contributed by atoms with Crippen molar-refractivity contribution in [3.8, 4) is 0 Å². The molecule has 1 saturated carbocycles. The van der Waals surface area contributed by atoms with E-state index in [1.54, 1.807) is 23.3 Å². The first-order valence-corrected chi connectivity index (χ1v) is 8.11. The van der Waals surface area contributed by atoms with Crippen LogP contribution >= 0.6 is 11.3 Å². The number of amides is 1. The van der Waals surface area contributed by atoms with Crippen LogP contribution in [-0.2, 0) is 20.9 Å². The Morgan fingerprint density at radius 1 is 1.41 bits per heavy atom. The molecule has 0 bridgehead atoms. The molecule has 1 aromatic carbocycles. The molecule has 1 heterocycles. The van der Waals surface area contributed by atoms with Gasteiger partial charge in [-0.2, -0.15) is 0 Å². The molecule has 3 rings (SSSR count). The van der Waals surface area contributed by atoms with Gasteiger partial charge in [-0.3, -0.25) is 9.59 Å². The number of nitrogens with zero attached hydrogens (tertiary/aromatic N) is 2. The molecule has 6 heteroatoms. The number of para-hydroxylation sites is 1. The molecule has 0 saturated heterocycles. The third-order valence-corrected chi connectivity index (χ3v) is 4.91. The monoisotopic (exact) mass is 318 g/mol. The van der Waals surface area contributed by atoms with E-state index in [9.17, 15) is 9.59 Å². The number of ether oxygens (including phenoxy) is 1. The van der Waals surface area contributed by atoms with E-state index in [1.807, 2.05) is 31.2 Å². The van der Waals surface area contributed by atoms with E-state index in [0.29, 0.717) is 12.5 Å². The smallest absolute Gasteiger partial charge is 0.309 e. The van der Waals surface area contributed by atoms with Crippen LogP contribution in [0.4, 0.5) is 0 Å². The van der Waals surface area contributed by atoms with Crippen molar-refractivity contribution in [3.05, 3.63) is 29.3 Å². The summed E-state index contributed by atoms with van der Waals surface area (Å²) in [6.45, 7) is 2.24. The van der Waals surface area contributed by atoms with Crippen molar-refractivity contribution in [1.82, 2.24) is 9.88 Å². The Labute approximate surface area is 132 Å². The molecule has 1 fully saturated rings. The maximum absolute atomic E-state index is 12.0. The van der Waals surface area contributed by atoms with Crippen LogP contribution in [0, 0.1) is 11.8 Å². The predicted molar refractivity (Wildman–Crippen MR) is 84.3 cm³/mol. The maximum Gasteiger partial charge on any atom is 0.309 e. The van der Waals surface area contributed by atoms with Crippen LogP contribution in [0.1, 0.15) is 18.4 Å². The number of carbonyl (C=O) groups is 2. The zero-order chi connectivity index (χ0) is 15.7. The van der Waals surface area contributed by atoms with Crippen molar-refractivity contribution in [2.75, 3.05) is 13.7 Å².